The van der Waals surface area contributed by atoms with Crippen LogP contribution in [0, 0.1) is 5.92 Å². The van der Waals surface area contributed by atoms with Gasteiger partial charge in [-0.2, -0.15) is 0 Å². The van der Waals surface area contributed by atoms with Crippen LogP contribution in [-0.4, -0.2) is 5.91 Å². The van der Waals surface area contributed by atoms with E-state index >= 15 is 0 Å². The van der Waals surface area contributed by atoms with Crippen molar-refractivity contribution in [3.8, 4) is 0 Å². The van der Waals surface area contributed by atoms with Gasteiger partial charge in [-0.1, -0.05) is 50.3 Å². The Morgan fingerprint density at radius 3 is 2.62 bits per heavy atom. The van der Waals surface area contributed by atoms with Gasteiger partial charge in [0, 0.05) is 0 Å². The summed E-state index contributed by atoms with van der Waals surface area (Å²) >= 11 is 0. The van der Waals surface area contributed by atoms with E-state index in [-0.39, 0.29) is 5.91 Å². The zero-order chi connectivity index (χ0) is 11.8. The Morgan fingerprint density at radius 1 is 1.31 bits per heavy atom. The van der Waals surface area contributed by atoms with Gasteiger partial charge in [-0.3, -0.25) is 4.79 Å². The van der Waals surface area contributed by atoms with Crippen LogP contribution in [0.15, 0.2) is 42.6 Å². The van der Waals surface area contributed by atoms with Gasteiger partial charge in [0.05, 0.1) is 6.42 Å². The predicted molar refractivity (Wildman–Crippen MR) is 66.9 cm³/mol. The summed E-state index contributed by atoms with van der Waals surface area (Å²) in [7, 11) is 0. The van der Waals surface area contributed by atoms with Crippen molar-refractivity contribution in [2.24, 2.45) is 5.92 Å². The van der Waals surface area contributed by atoms with Gasteiger partial charge in [-0.25, -0.2) is 0 Å². The molecule has 2 nitrogen and oxygen atoms in total. The SMILES string of the molecule is CC(C)C/C=C\NC(=O)Cc1ccccc1. The van der Waals surface area contributed by atoms with Crippen LogP contribution in [0.3, 0.4) is 0 Å². The highest BCUT2D eigenvalue weighted by Gasteiger charge is 1.99. The third-order valence-corrected chi connectivity index (χ3v) is 2.18. The van der Waals surface area contributed by atoms with Crippen LogP contribution in [-0.2, 0) is 11.2 Å². The van der Waals surface area contributed by atoms with Crippen molar-refractivity contribution in [1.29, 1.82) is 0 Å². The predicted octanol–water partition coefficient (Wildman–Crippen LogP) is 2.91. The van der Waals surface area contributed by atoms with Crippen molar-refractivity contribution >= 4 is 5.91 Å². The minimum absolute atomic E-state index is 0.0335. The fourth-order valence-electron chi connectivity index (χ4n) is 1.32. The van der Waals surface area contributed by atoms with Gasteiger partial charge < -0.3 is 5.32 Å². The molecule has 0 atom stereocenters. The van der Waals surface area contributed by atoms with E-state index in [1.807, 2.05) is 36.4 Å². The van der Waals surface area contributed by atoms with Gasteiger partial charge in [0.2, 0.25) is 5.91 Å². The lowest BCUT2D eigenvalue weighted by molar-refractivity contribution is -0.119. The molecule has 1 aromatic rings. The first-order valence-electron chi connectivity index (χ1n) is 5.67. The van der Waals surface area contributed by atoms with Crippen LogP contribution in [0.25, 0.3) is 0 Å². The fourth-order valence-corrected chi connectivity index (χ4v) is 1.32. The minimum Gasteiger partial charge on any atom is -0.333 e. The first-order valence-corrected chi connectivity index (χ1v) is 5.67. The van der Waals surface area contributed by atoms with Gasteiger partial charge in [-0.15, -0.1) is 0 Å². The summed E-state index contributed by atoms with van der Waals surface area (Å²) in [5.74, 6) is 0.661. The average Bonchev–Trinajstić information content (AvgIpc) is 2.25. The summed E-state index contributed by atoms with van der Waals surface area (Å²) in [6.07, 6.45) is 5.16. The fraction of sp³-hybridized carbons (Fsp3) is 0.357. The number of nitrogens with one attached hydrogen (secondary N) is 1. The molecule has 0 aliphatic heterocycles. The summed E-state index contributed by atoms with van der Waals surface area (Å²) in [5, 5.41) is 2.77. The van der Waals surface area contributed by atoms with Crippen molar-refractivity contribution in [2.75, 3.05) is 0 Å². The van der Waals surface area contributed by atoms with E-state index in [1.54, 1.807) is 6.20 Å². The van der Waals surface area contributed by atoms with E-state index in [0.717, 1.165) is 12.0 Å². The van der Waals surface area contributed by atoms with Gasteiger partial charge in [-0.05, 0) is 24.1 Å². The maximum atomic E-state index is 11.5. The van der Waals surface area contributed by atoms with Crippen LogP contribution in [0.5, 0.6) is 0 Å². The number of hydrogen-bond donors (Lipinski definition) is 1. The highest BCUT2D eigenvalue weighted by molar-refractivity contribution is 5.79. The molecule has 0 saturated carbocycles. The molecular weight excluding hydrogens is 198 g/mol. The molecule has 0 fully saturated rings. The lowest BCUT2D eigenvalue weighted by Gasteiger charge is -2.01. The minimum atomic E-state index is 0.0335. The molecule has 0 aliphatic carbocycles. The van der Waals surface area contributed by atoms with Crippen LogP contribution in [0.2, 0.25) is 0 Å². The molecule has 16 heavy (non-hydrogen) atoms. The van der Waals surface area contributed by atoms with E-state index in [0.29, 0.717) is 12.3 Å². The number of benzene rings is 1. The Bertz CT molecular complexity index is 341. The van der Waals surface area contributed by atoms with Crippen LogP contribution >= 0.6 is 0 Å². The molecule has 1 N–H and O–H groups in total. The van der Waals surface area contributed by atoms with Crippen molar-refractivity contribution < 1.29 is 4.79 Å². The van der Waals surface area contributed by atoms with E-state index < -0.39 is 0 Å². The van der Waals surface area contributed by atoms with Gasteiger partial charge in [0.25, 0.3) is 0 Å². The Labute approximate surface area is 97.4 Å². The van der Waals surface area contributed by atoms with Crippen LogP contribution in [0.1, 0.15) is 25.8 Å². The van der Waals surface area contributed by atoms with Gasteiger partial charge >= 0.3 is 0 Å². The lowest BCUT2D eigenvalue weighted by Crippen LogP contribution is -2.19. The molecule has 1 aromatic carbocycles. The van der Waals surface area contributed by atoms with Crippen molar-refractivity contribution in [3.63, 3.8) is 0 Å². The maximum Gasteiger partial charge on any atom is 0.228 e. The average molecular weight is 217 g/mol. The molecule has 86 valence electrons. The highest BCUT2D eigenvalue weighted by Crippen LogP contribution is 2.00. The molecule has 0 spiro atoms. The largest absolute Gasteiger partial charge is 0.333 e. The van der Waals surface area contributed by atoms with Crippen molar-refractivity contribution in [1.82, 2.24) is 5.32 Å². The number of amides is 1. The first kappa shape index (κ1) is 12.5. The van der Waals surface area contributed by atoms with Crippen molar-refractivity contribution in [3.05, 3.63) is 48.2 Å². The quantitative estimate of drug-likeness (QED) is 0.807. The Morgan fingerprint density at radius 2 is 2.00 bits per heavy atom. The number of allylic oxidation sites excluding steroid dienone is 1. The lowest BCUT2D eigenvalue weighted by atomic mass is 10.1. The van der Waals surface area contributed by atoms with E-state index in [9.17, 15) is 4.79 Å². The highest BCUT2D eigenvalue weighted by atomic mass is 16.1. The van der Waals surface area contributed by atoms with Crippen LogP contribution < -0.4 is 5.32 Å². The van der Waals surface area contributed by atoms with Crippen molar-refractivity contribution in [2.45, 2.75) is 26.7 Å². The Balaban J connectivity index is 2.29. The second-order valence-electron chi connectivity index (χ2n) is 4.26. The maximum absolute atomic E-state index is 11.5. The summed E-state index contributed by atoms with van der Waals surface area (Å²) in [6, 6.07) is 9.74. The number of hydrogen-bond acceptors (Lipinski definition) is 1. The standard InChI is InChI=1S/C14H19NO/c1-12(2)7-6-10-15-14(16)11-13-8-4-3-5-9-13/h3-6,8-10,12H,7,11H2,1-2H3,(H,15,16)/b10-6-. The topological polar surface area (TPSA) is 29.1 Å². The van der Waals surface area contributed by atoms with E-state index in [1.165, 1.54) is 0 Å². The number of carbonyl (C=O) groups excluding carboxylic acids is 1. The number of carbonyl (C=O) groups is 1. The summed E-state index contributed by atoms with van der Waals surface area (Å²) in [5.41, 5.74) is 1.04. The summed E-state index contributed by atoms with van der Waals surface area (Å²) in [6.45, 7) is 4.30. The van der Waals surface area contributed by atoms with Crippen LogP contribution in [0.4, 0.5) is 0 Å². The molecular formula is C14H19NO. The third kappa shape index (κ3) is 5.35. The molecule has 1 rings (SSSR count). The summed E-state index contributed by atoms with van der Waals surface area (Å²) in [4.78, 5) is 11.5. The molecule has 0 aromatic heterocycles. The molecule has 0 radical (unpaired) electrons. The first-order chi connectivity index (χ1) is 7.68. The molecule has 1 amide bonds. The molecule has 0 heterocycles. The molecule has 0 aliphatic rings. The molecule has 0 saturated heterocycles. The second-order valence-corrected chi connectivity index (χ2v) is 4.26. The molecule has 0 bridgehead atoms. The monoisotopic (exact) mass is 217 g/mol. The van der Waals surface area contributed by atoms with E-state index in [4.69, 9.17) is 0 Å². The van der Waals surface area contributed by atoms with Gasteiger partial charge in [0.1, 0.15) is 0 Å². The zero-order valence-corrected chi connectivity index (χ0v) is 9.94. The molecule has 0 unspecified atom stereocenters. The number of rotatable bonds is 5. The van der Waals surface area contributed by atoms with Gasteiger partial charge in [0.15, 0.2) is 0 Å². The normalized spacial score (nSPS) is 10.9. The Kier molecular flexibility index (Phi) is 5.34. The Hall–Kier alpha value is -1.57. The summed E-state index contributed by atoms with van der Waals surface area (Å²) < 4.78 is 0. The second kappa shape index (κ2) is 6.83. The molecule has 2 heteroatoms. The zero-order valence-electron chi connectivity index (χ0n) is 9.94. The smallest absolute Gasteiger partial charge is 0.228 e. The van der Waals surface area contributed by atoms with E-state index in [2.05, 4.69) is 19.2 Å². The third-order valence-electron chi connectivity index (χ3n) is 2.18.